The SMILES string of the molecule is COc1cc2ncc(-c3cccc(N)n3)n2cc1N1CCCC1=O. The number of amides is 1. The molecule has 1 saturated heterocycles. The molecule has 3 aromatic heterocycles. The highest BCUT2D eigenvalue weighted by atomic mass is 16.5. The third-order valence-electron chi connectivity index (χ3n) is 4.21. The lowest BCUT2D eigenvalue weighted by molar-refractivity contribution is -0.117. The molecule has 0 aromatic carbocycles. The number of aromatic nitrogens is 3. The number of carbonyl (C=O) groups excluding carboxylic acids is 1. The molecule has 1 aliphatic rings. The second-order valence-corrected chi connectivity index (χ2v) is 5.70. The van der Waals surface area contributed by atoms with Crippen LogP contribution >= 0.6 is 0 Å². The smallest absolute Gasteiger partial charge is 0.227 e. The zero-order valence-corrected chi connectivity index (χ0v) is 13.3. The molecule has 0 radical (unpaired) electrons. The van der Waals surface area contributed by atoms with Gasteiger partial charge in [-0.25, -0.2) is 9.97 Å². The molecule has 0 bridgehead atoms. The molecule has 1 amide bonds. The molecule has 3 aromatic rings. The largest absolute Gasteiger partial charge is 0.494 e. The molecule has 122 valence electrons. The van der Waals surface area contributed by atoms with E-state index in [4.69, 9.17) is 10.5 Å². The molecule has 7 nitrogen and oxygen atoms in total. The van der Waals surface area contributed by atoms with Crippen molar-refractivity contribution in [2.45, 2.75) is 12.8 Å². The number of pyridine rings is 2. The van der Waals surface area contributed by atoms with E-state index in [1.165, 1.54) is 0 Å². The Kier molecular flexibility index (Phi) is 3.34. The summed E-state index contributed by atoms with van der Waals surface area (Å²) >= 11 is 0. The second-order valence-electron chi connectivity index (χ2n) is 5.70. The number of ether oxygens (including phenoxy) is 1. The molecule has 0 saturated carbocycles. The van der Waals surface area contributed by atoms with Crippen LogP contribution in [0.25, 0.3) is 17.0 Å². The van der Waals surface area contributed by atoms with Gasteiger partial charge in [-0.15, -0.1) is 0 Å². The average molecular weight is 323 g/mol. The molecule has 24 heavy (non-hydrogen) atoms. The second kappa shape index (κ2) is 5.52. The molecule has 4 heterocycles. The minimum atomic E-state index is 0.108. The minimum Gasteiger partial charge on any atom is -0.494 e. The van der Waals surface area contributed by atoms with Gasteiger partial charge < -0.3 is 15.4 Å². The van der Waals surface area contributed by atoms with E-state index < -0.39 is 0 Å². The number of hydrogen-bond donors (Lipinski definition) is 1. The van der Waals surface area contributed by atoms with Gasteiger partial charge in [0.05, 0.1) is 24.7 Å². The van der Waals surface area contributed by atoms with E-state index in [0.29, 0.717) is 24.5 Å². The summed E-state index contributed by atoms with van der Waals surface area (Å²) in [7, 11) is 1.60. The monoisotopic (exact) mass is 323 g/mol. The zero-order valence-electron chi connectivity index (χ0n) is 13.3. The Morgan fingerprint density at radius 1 is 1.33 bits per heavy atom. The number of anilines is 2. The molecule has 7 heteroatoms. The van der Waals surface area contributed by atoms with Crippen LogP contribution in [0.15, 0.2) is 36.7 Å². The lowest BCUT2D eigenvalue weighted by Crippen LogP contribution is -2.24. The van der Waals surface area contributed by atoms with Gasteiger partial charge in [0.2, 0.25) is 5.91 Å². The van der Waals surface area contributed by atoms with Gasteiger partial charge in [0, 0.05) is 25.2 Å². The van der Waals surface area contributed by atoms with Crippen molar-refractivity contribution in [1.82, 2.24) is 14.4 Å². The van der Waals surface area contributed by atoms with Crippen LogP contribution in [-0.4, -0.2) is 33.9 Å². The van der Waals surface area contributed by atoms with Crippen molar-refractivity contribution < 1.29 is 9.53 Å². The van der Waals surface area contributed by atoms with Crippen LogP contribution in [0, 0.1) is 0 Å². The van der Waals surface area contributed by atoms with Crippen molar-refractivity contribution in [3.8, 4) is 17.1 Å². The first-order valence-corrected chi connectivity index (χ1v) is 7.76. The maximum Gasteiger partial charge on any atom is 0.227 e. The summed E-state index contributed by atoms with van der Waals surface area (Å²) < 4.78 is 7.37. The summed E-state index contributed by atoms with van der Waals surface area (Å²) in [6.45, 7) is 0.696. The van der Waals surface area contributed by atoms with Gasteiger partial charge in [-0.3, -0.25) is 9.20 Å². The van der Waals surface area contributed by atoms with E-state index in [1.807, 2.05) is 28.8 Å². The van der Waals surface area contributed by atoms with Gasteiger partial charge in [0.1, 0.15) is 22.9 Å². The normalized spacial score (nSPS) is 14.5. The van der Waals surface area contributed by atoms with E-state index >= 15 is 0 Å². The molecule has 0 atom stereocenters. The maximum atomic E-state index is 12.1. The van der Waals surface area contributed by atoms with Crippen LogP contribution in [0.2, 0.25) is 0 Å². The number of nitrogens with zero attached hydrogens (tertiary/aromatic N) is 4. The van der Waals surface area contributed by atoms with Crippen LogP contribution in [0.3, 0.4) is 0 Å². The van der Waals surface area contributed by atoms with Crippen molar-refractivity contribution in [2.75, 3.05) is 24.3 Å². The zero-order chi connectivity index (χ0) is 16.7. The fraction of sp³-hybridized carbons (Fsp3) is 0.235. The van der Waals surface area contributed by atoms with Gasteiger partial charge in [0.15, 0.2) is 0 Å². The highest BCUT2D eigenvalue weighted by molar-refractivity contribution is 5.97. The van der Waals surface area contributed by atoms with E-state index in [1.54, 1.807) is 24.3 Å². The number of methoxy groups -OCH3 is 1. The first-order chi connectivity index (χ1) is 11.7. The molecule has 1 fully saturated rings. The Morgan fingerprint density at radius 3 is 2.92 bits per heavy atom. The summed E-state index contributed by atoms with van der Waals surface area (Å²) in [5.41, 5.74) is 8.80. The van der Waals surface area contributed by atoms with Crippen molar-refractivity contribution in [3.05, 3.63) is 36.7 Å². The Bertz CT molecular complexity index is 934. The number of nitrogens with two attached hydrogens (primary N) is 1. The number of carbonyl (C=O) groups is 1. The fourth-order valence-corrected chi connectivity index (χ4v) is 3.05. The van der Waals surface area contributed by atoms with Crippen LogP contribution in [-0.2, 0) is 4.79 Å². The summed E-state index contributed by atoms with van der Waals surface area (Å²) in [6, 6.07) is 7.30. The minimum absolute atomic E-state index is 0.108. The number of rotatable bonds is 3. The Labute approximate surface area is 138 Å². The highest BCUT2D eigenvalue weighted by Gasteiger charge is 2.25. The first kappa shape index (κ1) is 14.5. The van der Waals surface area contributed by atoms with Crippen molar-refractivity contribution in [3.63, 3.8) is 0 Å². The van der Waals surface area contributed by atoms with Crippen molar-refractivity contribution in [1.29, 1.82) is 0 Å². The quantitative estimate of drug-likeness (QED) is 0.798. The Morgan fingerprint density at radius 2 is 2.21 bits per heavy atom. The summed E-state index contributed by atoms with van der Waals surface area (Å²) in [4.78, 5) is 22.7. The molecule has 0 aliphatic carbocycles. The molecule has 0 spiro atoms. The van der Waals surface area contributed by atoms with Crippen molar-refractivity contribution in [2.24, 2.45) is 0 Å². The van der Waals surface area contributed by atoms with E-state index in [-0.39, 0.29) is 5.91 Å². The highest BCUT2D eigenvalue weighted by Crippen LogP contribution is 2.34. The van der Waals surface area contributed by atoms with Gasteiger partial charge in [-0.05, 0) is 18.6 Å². The van der Waals surface area contributed by atoms with Crippen LogP contribution < -0.4 is 15.4 Å². The van der Waals surface area contributed by atoms with Gasteiger partial charge in [0.25, 0.3) is 0 Å². The Hall–Kier alpha value is -3.09. The molecule has 1 aliphatic heterocycles. The number of hydrogen-bond acceptors (Lipinski definition) is 5. The van der Waals surface area contributed by atoms with E-state index in [2.05, 4.69) is 9.97 Å². The van der Waals surface area contributed by atoms with Gasteiger partial charge in [-0.2, -0.15) is 0 Å². The molecule has 0 unspecified atom stereocenters. The number of imidazole rings is 1. The average Bonchev–Trinajstić information content (AvgIpc) is 3.19. The summed E-state index contributed by atoms with van der Waals surface area (Å²) in [5, 5.41) is 0. The molecular formula is C17H17N5O2. The van der Waals surface area contributed by atoms with E-state index in [0.717, 1.165) is 29.1 Å². The van der Waals surface area contributed by atoms with Gasteiger partial charge >= 0.3 is 0 Å². The lowest BCUT2D eigenvalue weighted by Gasteiger charge is -2.19. The molecule has 4 rings (SSSR count). The van der Waals surface area contributed by atoms with E-state index in [9.17, 15) is 4.79 Å². The lowest BCUT2D eigenvalue weighted by atomic mass is 10.2. The summed E-state index contributed by atoms with van der Waals surface area (Å²) in [5.74, 6) is 1.19. The molecular weight excluding hydrogens is 306 g/mol. The summed E-state index contributed by atoms with van der Waals surface area (Å²) in [6.07, 6.45) is 5.04. The standard InChI is InChI=1S/C17H17N5O2/c1-24-14-8-16-19-9-12(11-4-2-5-15(18)20-11)22(16)10-13(14)21-7-3-6-17(21)23/h2,4-5,8-10H,3,6-7H2,1H3,(H2,18,20). The number of nitrogen functional groups attached to an aromatic ring is 1. The van der Waals surface area contributed by atoms with Crippen LogP contribution in [0.1, 0.15) is 12.8 Å². The van der Waals surface area contributed by atoms with Gasteiger partial charge in [-0.1, -0.05) is 6.07 Å². The predicted molar refractivity (Wildman–Crippen MR) is 91.0 cm³/mol. The fourth-order valence-electron chi connectivity index (χ4n) is 3.05. The third kappa shape index (κ3) is 2.25. The maximum absolute atomic E-state index is 12.1. The topological polar surface area (TPSA) is 85.8 Å². The van der Waals surface area contributed by atoms with Crippen molar-refractivity contribution >= 4 is 23.1 Å². The first-order valence-electron chi connectivity index (χ1n) is 7.76. The van der Waals surface area contributed by atoms with Crippen LogP contribution in [0.5, 0.6) is 5.75 Å². The molecule has 2 N–H and O–H groups in total. The van der Waals surface area contributed by atoms with Crippen LogP contribution in [0.4, 0.5) is 11.5 Å². The Balaban J connectivity index is 1.91. The predicted octanol–water partition coefficient (Wildman–Crippen LogP) is 2.11. The number of fused-ring (bicyclic) bond motifs is 1. The third-order valence-corrected chi connectivity index (χ3v) is 4.21.